The third-order valence-corrected chi connectivity index (χ3v) is 3.45. The number of thioether (sulfide) groups is 1. The Morgan fingerprint density at radius 2 is 1.95 bits per heavy atom. The standard InChI is InChI=1S/C13H24N2O3S/c1-13(2,3)18-12(17)10-19-9-11(16)15-7-4-5-14-6-8-15/h14H,4-10H2,1-3H3. The van der Waals surface area contributed by atoms with Crippen molar-refractivity contribution < 1.29 is 14.3 Å². The van der Waals surface area contributed by atoms with E-state index in [0.29, 0.717) is 5.75 Å². The molecule has 0 aromatic carbocycles. The zero-order valence-electron chi connectivity index (χ0n) is 12.0. The maximum Gasteiger partial charge on any atom is 0.316 e. The Morgan fingerprint density at radius 1 is 1.21 bits per heavy atom. The minimum atomic E-state index is -0.460. The second-order valence-electron chi connectivity index (χ2n) is 5.56. The van der Waals surface area contributed by atoms with Crippen molar-refractivity contribution in [2.45, 2.75) is 32.8 Å². The van der Waals surface area contributed by atoms with Crippen LogP contribution in [0.25, 0.3) is 0 Å². The molecule has 1 N–H and O–H groups in total. The summed E-state index contributed by atoms with van der Waals surface area (Å²) in [6.07, 6.45) is 0.989. The van der Waals surface area contributed by atoms with Gasteiger partial charge in [-0.1, -0.05) is 0 Å². The molecular formula is C13H24N2O3S. The van der Waals surface area contributed by atoms with Crippen molar-refractivity contribution >= 4 is 23.6 Å². The summed E-state index contributed by atoms with van der Waals surface area (Å²) in [5.41, 5.74) is -0.460. The van der Waals surface area contributed by atoms with E-state index in [2.05, 4.69) is 5.32 Å². The van der Waals surface area contributed by atoms with Gasteiger partial charge in [-0.3, -0.25) is 9.59 Å². The molecule has 5 nitrogen and oxygen atoms in total. The molecule has 1 aliphatic rings. The van der Waals surface area contributed by atoms with Gasteiger partial charge < -0.3 is 15.0 Å². The molecule has 1 aliphatic heterocycles. The Balaban J connectivity index is 2.21. The topological polar surface area (TPSA) is 58.6 Å². The molecule has 1 heterocycles. The summed E-state index contributed by atoms with van der Waals surface area (Å²) < 4.78 is 5.19. The van der Waals surface area contributed by atoms with Crippen LogP contribution in [0.5, 0.6) is 0 Å². The molecule has 0 bridgehead atoms. The predicted molar refractivity (Wildman–Crippen MR) is 77.2 cm³/mol. The molecule has 0 atom stereocenters. The maximum atomic E-state index is 11.9. The van der Waals surface area contributed by atoms with Crippen molar-refractivity contribution in [1.29, 1.82) is 0 Å². The van der Waals surface area contributed by atoms with Crippen LogP contribution in [0.2, 0.25) is 0 Å². The quantitative estimate of drug-likeness (QED) is 0.778. The van der Waals surface area contributed by atoms with E-state index in [1.807, 2.05) is 25.7 Å². The van der Waals surface area contributed by atoms with Gasteiger partial charge in [-0.15, -0.1) is 11.8 Å². The summed E-state index contributed by atoms with van der Waals surface area (Å²) in [6, 6.07) is 0. The van der Waals surface area contributed by atoms with Gasteiger partial charge in [0.25, 0.3) is 0 Å². The molecule has 0 saturated carbocycles. The van der Waals surface area contributed by atoms with E-state index in [1.54, 1.807) is 0 Å². The number of esters is 1. The highest BCUT2D eigenvalue weighted by Crippen LogP contribution is 2.10. The van der Waals surface area contributed by atoms with Gasteiger partial charge in [0.05, 0.1) is 11.5 Å². The predicted octanol–water partition coefficient (Wildman–Crippen LogP) is 0.883. The number of ether oxygens (including phenoxy) is 1. The van der Waals surface area contributed by atoms with Crippen molar-refractivity contribution in [3.8, 4) is 0 Å². The van der Waals surface area contributed by atoms with Crippen LogP contribution in [-0.4, -0.2) is 60.1 Å². The fourth-order valence-corrected chi connectivity index (χ4v) is 2.46. The molecule has 0 aliphatic carbocycles. The number of carbonyl (C=O) groups is 2. The smallest absolute Gasteiger partial charge is 0.316 e. The van der Waals surface area contributed by atoms with Gasteiger partial charge in [-0.05, 0) is 33.7 Å². The van der Waals surface area contributed by atoms with E-state index in [1.165, 1.54) is 11.8 Å². The molecule has 1 fully saturated rings. The molecule has 0 spiro atoms. The molecule has 1 saturated heterocycles. The van der Waals surface area contributed by atoms with Crippen molar-refractivity contribution in [2.75, 3.05) is 37.7 Å². The van der Waals surface area contributed by atoms with E-state index in [9.17, 15) is 9.59 Å². The molecule has 1 amide bonds. The fourth-order valence-electron chi connectivity index (χ4n) is 1.78. The first-order valence-electron chi connectivity index (χ1n) is 6.66. The highest BCUT2D eigenvalue weighted by molar-refractivity contribution is 8.00. The first kappa shape index (κ1) is 16.3. The van der Waals surface area contributed by atoms with Crippen LogP contribution in [-0.2, 0) is 14.3 Å². The SMILES string of the molecule is CC(C)(C)OC(=O)CSCC(=O)N1CCCNCC1. The van der Waals surface area contributed by atoms with Crippen LogP contribution in [0.3, 0.4) is 0 Å². The Hall–Kier alpha value is -0.750. The molecule has 110 valence electrons. The minimum absolute atomic E-state index is 0.109. The monoisotopic (exact) mass is 288 g/mol. The molecule has 19 heavy (non-hydrogen) atoms. The Morgan fingerprint density at radius 3 is 2.63 bits per heavy atom. The van der Waals surface area contributed by atoms with Gasteiger partial charge in [0.15, 0.2) is 0 Å². The maximum absolute atomic E-state index is 11.9. The number of rotatable bonds is 4. The molecule has 6 heteroatoms. The Bertz CT molecular complexity index is 308. The fraction of sp³-hybridized carbons (Fsp3) is 0.846. The van der Waals surface area contributed by atoms with Gasteiger partial charge in [0, 0.05) is 19.6 Å². The molecule has 0 radical (unpaired) electrons. The number of carbonyl (C=O) groups excluding carboxylic acids is 2. The molecule has 0 aromatic rings. The first-order chi connectivity index (χ1) is 8.88. The largest absolute Gasteiger partial charge is 0.459 e. The highest BCUT2D eigenvalue weighted by Gasteiger charge is 2.18. The lowest BCUT2D eigenvalue weighted by molar-refractivity contribution is -0.151. The lowest BCUT2D eigenvalue weighted by atomic mass is 10.2. The normalized spacial score (nSPS) is 16.9. The van der Waals surface area contributed by atoms with Gasteiger partial charge in [-0.2, -0.15) is 0 Å². The second-order valence-corrected chi connectivity index (χ2v) is 6.55. The van der Waals surface area contributed by atoms with E-state index < -0.39 is 5.60 Å². The van der Waals surface area contributed by atoms with Gasteiger partial charge in [0.1, 0.15) is 5.60 Å². The summed E-state index contributed by atoms with van der Waals surface area (Å²) in [7, 11) is 0. The van der Waals surface area contributed by atoms with E-state index >= 15 is 0 Å². The van der Waals surface area contributed by atoms with Crippen molar-refractivity contribution in [3.63, 3.8) is 0 Å². The third-order valence-electron chi connectivity index (χ3n) is 2.56. The van der Waals surface area contributed by atoms with Crippen LogP contribution in [0.15, 0.2) is 0 Å². The average molecular weight is 288 g/mol. The number of hydrogen-bond donors (Lipinski definition) is 1. The second kappa shape index (κ2) is 7.75. The summed E-state index contributed by atoms with van der Waals surface area (Å²) in [4.78, 5) is 25.3. The van der Waals surface area contributed by atoms with E-state index in [0.717, 1.165) is 32.6 Å². The average Bonchev–Trinajstić information content (AvgIpc) is 2.54. The molecule has 1 rings (SSSR count). The third kappa shape index (κ3) is 7.42. The van der Waals surface area contributed by atoms with Crippen LogP contribution in [0, 0.1) is 0 Å². The van der Waals surface area contributed by atoms with Crippen molar-refractivity contribution in [1.82, 2.24) is 10.2 Å². The summed E-state index contributed by atoms with van der Waals surface area (Å²) in [6.45, 7) is 8.89. The molecule has 0 unspecified atom stereocenters. The minimum Gasteiger partial charge on any atom is -0.459 e. The number of hydrogen-bond acceptors (Lipinski definition) is 5. The van der Waals surface area contributed by atoms with Crippen LogP contribution >= 0.6 is 11.8 Å². The first-order valence-corrected chi connectivity index (χ1v) is 7.82. The Labute approximate surface area is 119 Å². The van der Waals surface area contributed by atoms with E-state index in [-0.39, 0.29) is 17.6 Å². The number of nitrogens with zero attached hydrogens (tertiary/aromatic N) is 1. The number of amides is 1. The molecule has 0 aromatic heterocycles. The zero-order valence-corrected chi connectivity index (χ0v) is 12.8. The number of nitrogens with one attached hydrogen (secondary N) is 1. The lowest BCUT2D eigenvalue weighted by Gasteiger charge is -2.21. The Kier molecular flexibility index (Phi) is 6.65. The van der Waals surface area contributed by atoms with Crippen LogP contribution < -0.4 is 5.32 Å². The van der Waals surface area contributed by atoms with Crippen molar-refractivity contribution in [2.24, 2.45) is 0 Å². The van der Waals surface area contributed by atoms with Crippen molar-refractivity contribution in [3.05, 3.63) is 0 Å². The zero-order chi connectivity index (χ0) is 14.3. The van der Waals surface area contributed by atoms with Crippen LogP contribution in [0.1, 0.15) is 27.2 Å². The lowest BCUT2D eigenvalue weighted by Crippen LogP contribution is -2.35. The van der Waals surface area contributed by atoms with Gasteiger partial charge >= 0.3 is 5.97 Å². The summed E-state index contributed by atoms with van der Waals surface area (Å²) in [5, 5.41) is 3.26. The summed E-state index contributed by atoms with van der Waals surface area (Å²) in [5.74, 6) is 0.425. The van der Waals surface area contributed by atoms with E-state index in [4.69, 9.17) is 4.74 Å². The highest BCUT2D eigenvalue weighted by atomic mass is 32.2. The van der Waals surface area contributed by atoms with Gasteiger partial charge in [0.2, 0.25) is 5.91 Å². The summed E-state index contributed by atoms with van der Waals surface area (Å²) >= 11 is 1.32. The molecular weight excluding hydrogens is 264 g/mol. The van der Waals surface area contributed by atoms with Gasteiger partial charge in [-0.25, -0.2) is 0 Å². The van der Waals surface area contributed by atoms with Crippen LogP contribution in [0.4, 0.5) is 0 Å².